The molecular formula is C21H26N2O2. The van der Waals surface area contributed by atoms with Crippen LogP contribution < -0.4 is 10.1 Å². The SMILES string of the molecule is COCCOc1cccc(CNCCCc2c[nH]c3ccccc23)c1. The van der Waals surface area contributed by atoms with Gasteiger partial charge in [0.05, 0.1) is 6.61 Å². The highest BCUT2D eigenvalue weighted by atomic mass is 16.5. The maximum Gasteiger partial charge on any atom is 0.119 e. The molecule has 1 aromatic heterocycles. The molecule has 3 rings (SSSR count). The fraction of sp³-hybridized carbons (Fsp3) is 0.333. The number of benzene rings is 2. The number of H-pyrrole nitrogens is 1. The van der Waals surface area contributed by atoms with E-state index in [1.165, 1.54) is 22.0 Å². The van der Waals surface area contributed by atoms with Crippen LogP contribution in [0, 0.1) is 0 Å². The molecule has 0 aliphatic rings. The minimum Gasteiger partial charge on any atom is -0.491 e. The molecule has 0 fully saturated rings. The first-order valence-electron chi connectivity index (χ1n) is 8.83. The zero-order chi connectivity index (χ0) is 17.3. The summed E-state index contributed by atoms with van der Waals surface area (Å²) in [6.07, 6.45) is 4.33. The molecule has 0 spiro atoms. The molecular weight excluding hydrogens is 312 g/mol. The monoisotopic (exact) mass is 338 g/mol. The second-order valence-corrected chi connectivity index (χ2v) is 6.13. The third kappa shape index (κ3) is 5.08. The normalized spacial score (nSPS) is 11.1. The highest BCUT2D eigenvalue weighted by Gasteiger charge is 2.02. The van der Waals surface area contributed by atoms with Crippen LogP contribution in [0.25, 0.3) is 10.9 Å². The standard InChI is InChI=1S/C21H26N2O2/c1-24-12-13-25-19-8-4-6-17(14-19)15-22-11-5-7-18-16-23-21-10-3-2-9-20(18)21/h2-4,6,8-10,14,16,22-23H,5,7,11-13,15H2,1H3. The lowest BCUT2D eigenvalue weighted by Gasteiger charge is -2.08. The minimum absolute atomic E-state index is 0.581. The van der Waals surface area contributed by atoms with Gasteiger partial charge in [-0.3, -0.25) is 0 Å². The van der Waals surface area contributed by atoms with E-state index in [4.69, 9.17) is 9.47 Å². The summed E-state index contributed by atoms with van der Waals surface area (Å²) < 4.78 is 10.7. The van der Waals surface area contributed by atoms with Crippen LogP contribution in [0.1, 0.15) is 17.5 Å². The van der Waals surface area contributed by atoms with Crippen molar-refractivity contribution in [2.75, 3.05) is 26.9 Å². The van der Waals surface area contributed by atoms with E-state index in [1.807, 2.05) is 12.1 Å². The maximum absolute atomic E-state index is 5.65. The van der Waals surface area contributed by atoms with Gasteiger partial charge >= 0.3 is 0 Å². The van der Waals surface area contributed by atoms with Gasteiger partial charge in [-0.15, -0.1) is 0 Å². The van der Waals surface area contributed by atoms with Crippen molar-refractivity contribution in [1.82, 2.24) is 10.3 Å². The van der Waals surface area contributed by atoms with Gasteiger partial charge in [-0.05, 0) is 48.7 Å². The third-order valence-electron chi connectivity index (χ3n) is 4.26. The van der Waals surface area contributed by atoms with E-state index in [0.717, 1.165) is 31.7 Å². The smallest absolute Gasteiger partial charge is 0.119 e. The Morgan fingerprint density at radius 3 is 2.88 bits per heavy atom. The Kier molecular flexibility index (Phi) is 6.48. The number of ether oxygens (including phenoxy) is 2. The van der Waals surface area contributed by atoms with Crippen molar-refractivity contribution in [3.63, 3.8) is 0 Å². The first kappa shape index (κ1) is 17.5. The first-order chi connectivity index (χ1) is 12.4. The number of para-hydroxylation sites is 1. The molecule has 2 N–H and O–H groups in total. The molecule has 0 saturated carbocycles. The summed E-state index contributed by atoms with van der Waals surface area (Å²) in [5.74, 6) is 0.898. The van der Waals surface area contributed by atoms with E-state index < -0.39 is 0 Å². The summed E-state index contributed by atoms with van der Waals surface area (Å²) in [5, 5.41) is 4.85. The van der Waals surface area contributed by atoms with E-state index in [-0.39, 0.29) is 0 Å². The third-order valence-corrected chi connectivity index (χ3v) is 4.26. The van der Waals surface area contributed by atoms with Gasteiger partial charge in [0, 0.05) is 30.8 Å². The molecule has 0 aliphatic carbocycles. The molecule has 25 heavy (non-hydrogen) atoms. The summed E-state index contributed by atoms with van der Waals surface area (Å²) >= 11 is 0. The van der Waals surface area contributed by atoms with Crippen LogP contribution in [0.15, 0.2) is 54.7 Å². The van der Waals surface area contributed by atoms with E-state index in [2.05, 4.69) is 52.9 Å². The summed E-state index contributed by atoms with van der Waals surface area (Å²) in [5.41, 5.74) is 3.85. The molecule has 4 heteroatoms. The number of hydrogen-bond donors (Lipinski definition) is 2. The number of hydrogen-bond acceptors (Lipinski definition) is 3. The molecule has 0 unspecified atom stereocenters. The van der Waals surface area contributed by atoms with Gasteiger partial charge in [0.1, 0.15) is 12.4 Å². The quantitative estimate of drug-likeness (QED) is 0.551. The number of nitrogens with one attached hydrogen (secondary N) is 2. The minimum atomic E-state index is 0.581. The van der Waals surface area contributed by atoms with Crippen LogP contribution in [0.5, 0.6) is 5.75 Å². The molecule has 0 amide bonds. The highest BCUT2D eigenvalue weighted by Crippen LogP contribution is 2.18. The maximum atomic E-state index is 5.65. The lowest BCUT2D eigenvalue weighted by atomic mass is 10.1. The molecule has 0 radical (unpaired) electrons. The molecule has 1 heterocycles. The Labute approximate surface area is 149 Å². The van der Waals surface area contributed by atoms with Crippen LogP contribution in [-0.2, 0) is 17.7 Å². The Bertz CT molecular complexity index is 782. The Morgan fingerprint density at radius 1 is 1.04 bits per heavy atom. The van der Waals surface area contributed by atoms with Crippen LogP contribution >= 0.6 is 0 Å². The molecule has 0 bridgehead atoms. The van der Waals surface area contributed by atoms with Crippen molar-refractivity contribution < 1.29 is 9.47 Å². The Morgan fingerprint density at radius 2 is 1.96 bits per heavy atom. The second-order valence-electron chi connectivity index (χ2n) is 6.13. The molecule has 132 valence electrons. The molecule has 4 nitrogen and oxygen atoms in total. The van der Waals surface area contributed by atoms with Gasteiger partial charge in [0.2, 0.25) is 0 Å². The van der Waals surface area contributed by atoms with E-state index in [1.54, 1.807) is 7.11 Å². The van der Waals surface area contributed by atoms with Gasteiger partial charge in [0.25, 0.3) is 0 Å². The number of fused-ring (bicyclic) bond motifs is 1. The van der Waals surface area contributed by atoms with Crippen molar-refractivity contribution in [1.29, 1.82) is 0 Å². The number of aromatic nitrogens is 1. The van der Waals surface area contributed by atoms with Crippen LogP contribution in [0.3, 0.4) is 0 Å². The summed E-state index contributed by atoms with van der Waals surface area (Å²) in [6.45, 7) is 3.04. The number of aryl methyl sites for hydroxylation is 1. The van der Waals surface area contributed by atoms with Gasteiger partial charge in [0.15, 0.2) is 0 Å². The predicted octanol–water partition coefficient (Wildman–Crippen LogP) is 3.92. The number of aromatic amines is 1. The number of rotatable bonds is 10. The summed E-state index contributed by atoms with van der Waals surface area (Å²) in [7, 11) is 1.68. The van der Waals surface area contributed by atoms with Crippen molar-refractivity contribution in [3.8, 4) is 5.75 Å². The fourth-order valence-corrected chi connectivity index (χ4v) is 2.96. The zero-order valence-corrected chi connectivity index (χ0v) is 14.8. The average Bonchev–Trinajstić information content (AvgIpc) is 3.05. The van der Waals surface area contributed by atoms with Crippen molar-refractivity contribution in [2.45, 2.75) is 19.4 Å². The number of methoxy groups -OCH3 is 1. The largest absolute Gasteiger partial charge is 0.491 e. The van der Waals surface area contributed by atoms with Gasteiger partial charge < -0.3 is 19.8 Å². The van der Waals surface area contributed by atoms with Crippen molar-refractivity contribution >= 4 is 10.9 Å². The second kappa shape index (κ2) is 9.25. The lowest BCUT2D eigenvalue weighted by Crippen LogP contribution is -2.15. The van der Waals surface area contributed by atoms with Gasteiger partial charge in [-0.2, -0.15) is 0 Å². The average molecular weight is 338 g/mol. The van der Waals surface area contributed by atoms with E-state index >= 15 is 0 Å². The van der Waals surface area contributed by atoms with Crippen molar-refractivity contribution in [3.05, 3.63) is 65.9 Å². The highest BCUT2D eigenvalue weighted by molar-refractivity contribution is 5.82. The fourth-order valence-electron chi connectivity index (χ4n) is 2.96. The van der Waals surface area contributed by atoms with Crippen molar-refractivity contribution in [2.24, 2.45) is 0 Å². The summed E-state index contributed by atoms with van der Waals surface area (Å²) in [4.78, 5) is 3.34. The topological polar surface area (TPSA) is 46.3 Å². The molecule has 3 aromatic rings. The van der Waals surface area contributed by atoms with Gasteiger partial charge in [-0.25, -0.2) is 0 Å². The first-order valence-corrected chi connectivity index (χ1v) is 8.83. The molecule has 0 aliphatic heterocycles. The molecule has 2 aromatic carbocycles. The Balaban J connectivity index is 1.40. The van der Waals surface area contributed by atoms with Gasteiger partial charge in [-0.1, -0.05) is 30.3 Å². The Hall–Kier alpha value is -2.30. The lowest BCUT2D eigenvalue weighted by molar-refractivity contribution is 0.146. The van der Waals surface area contributed by atoms with Crippen LogP contribution in [0.2, 0.25) is 0 Å². The molecule has 0 atom stereocenters. The predicted molar refractivity (Wildman–Crippen MR) is 102 cm³/mol. The van der Waals surface area contributed by atoms with Crippen LogP contribution in [-0.4, -0.2) is 31.9 Å². The van der Waals surface area contributed by atoms with E-state index in [9.17, 15) is 0 Å². The zero-order valence-electron chi connectivity index (χ0n) is 14.8. The van der Waals surface area contributed by atoms with Crippen LogP contribution in [0.4, 0.5) is 0 Å². The summed E-state index contributed by atoms with van der Waals surface area (Å²) in [6, 6.07) is 16.7. The molecule has 0 saturated heterocycles. The van der Waals surface area contributed by atoms with E-state index in [0.29, 0.717) is 13.2 Å².